The molecule has 30 heavy (non-hydrogen) atoms. The van der Waals surface area contributed by atoms with Gasteiger partial charge in [-0.2, -0.15) is 5.10 Å². The van der Waals surface area contributed by atoms with Crippen LogP contribution in [-0.4, -0.2) is 36.3 Å². The van der Waals surface area contributed by atoms with Gasteiger partial charge >= 0.3 is 5.69 Å². The SMILES string of the molecule is O=C(NC1CCc2nn(Cc3cccnc3)c(=O)n2CC1)c1nc2c(s1)CCCC2. The summed E-state index contributed by atoms with van der Waals surface area (Å²) in [5.74, 6) is 0.693. The van der Waals surface area contributed by atoms with Crippen LogP contribution in [0.4, 0.5) is 0 Å². The molecule has 1 N–H and O–H groups in total. The fourth-order valence-corrected chi connectivity index (χ4v) is 5.29. The lowest BCUT2D eigenvalue weighted by molar-refractivity contribution is 0.0932. The third-order valence-electron chi connectivity index (χ3n) is 5.85. The maximum Gasteiger partial charge on any atom is 0.346 e. The lowest BCUT2D eigenvalue weighted by Gasteiger charge is -2.14. The van der Waals surface area contributed by atoms with Gasteiger partial charge in [0.15, 0.2) is 5.01 Å². The van der Waals surface area contributed by atoms with Crippen LogP contribution in [0.25, 0.3) is 0 Å². The third-order valence-corrected chi connectivity index (χ3v) is 7.00. The number of fused-ring (bicyclic) bond motifs is 2. The number of aromatic nitrogens is 5. The minimum atomic E-state index is -0.103. The van der Waals surface area contributed by atoms with E-state index in [1.54, 1.807) is 17.0 Å². The van der Waals surface area contributed by atoms with Gasteiger partial charge in [0.25, 0.3) is 5.91 Å². The van der Waals surface area contributed by atoms with Crippen LogP contribution >= 0.6 is 11.3 Å². The number of amides is 1. The van der Waals surface area contributed by atoms with Gasteiger partial charge in [0.2, 0.25) is 0 Å². The maximum atomic E-state index is 12.8. The van der Waals surface area contributed by atoms with E-state index in [-0.39, 0.29) is 17.6 Å². The van der Waals surface area contributed by atoms with Crippen molar-refractivity contribution in [3.8, 4) is 0 Å². The first-order chi connectivity index (χ1) is 14.7. The first-order valence-electron chi connectivity index (χ1n) is 10.5. The molecule has 1 amide bonds. The highest BCUT2D eigenvalue weighted by molar-refractivity contribution is 7.13. The van der Waals surface area contributed by atoms with E-state index in [0.29, 0.717) is 30.9 Å². The molecular weight excluding hydrogens is 400 g/mol. The molecule has 1 aliphatic carbocycles. The lowest BCUT2D eigenvalue weighted by atomic mass is 10.0. The Bertz CT molecular complexity index is 1090. The molecule has 8 nitrogen and oxygen atoms in total. The molecule has 0 saturated carbocycles. The molecule has 0 bridgehead atoms. The average Bonchev–Trinajstić information content (AvgIpc) is 3.26. The molecule has 3 aromatic rings. The van der Waals surface area contributed by atoms with Crippen LogP contribution in [0.15, 0.2) is 29.3 Å². The van der Waals surface area contributed by atoms with Crippen LogP contribution in [0.1, 0.15) is 57.4 Å². The van der Waals surface area contributed by atoms with Crippen molar-refractivity contribution in [2.75, 3.05) is 0 Å². The van der Waals surface area contributed by atoms with E-state index in [4.69, 9.17) is 0 Å². The Morgan fingerprint density at radius 1 is 1.23 bits per heavy atom. The molecule has 0 aromatic carbocycles. The number of hydrogen-bond donors (Lipinski definition) is 1. The lowest BCUT2D eigenvalue weighted by Crippen LogP contribution is -2.35. The van der Waals surface area contributed by atoms with Crippen LogP contribution in [0, 0.1) is 0 Å². The van der Waals surface area contributed by atoms with Gasteiger partial charge in [-0.15, -0.1) is 11.3 Å². The number of carbonyl (C=O) groups is 1. The minimum Gasteiger partial charge on any atom is -0.347 e. The number of hydrogen-bond acceptors (Lipinski definition) is 6. The fourth-order valence-electron chi connectivity index (χ4n) is 4.24. The zero-order chi connectivity index (χ0) is 20.5. The molecule has 156 valence electrons. The van der Waals surface area contributed by atoms with Gasteiger partial charge in [-0.1, -0.05) is 6.07 Å². The van der Waals surface area contributed by atoms with Gasteiger partial charge in [-0.05, 0) is 50.2 Å². The number of rotatable bonds is 4. The van der Waals surface area contributed by atoms with E-state index >= 15 is 0 Å². The Labute approximate surface area is 178 Å². The van der Waals surface area contributed by atoms with Crippen molar-refractivity contribution < 1.29 is 4.79 Å². The molecule has 1 aliphatic heterocycles. The molecule has 2 aliphatic rings. The van der Waals surface area contributed by atoms with Crippen molar-refractivity contribution in [2.45, 2.75) is 64.1 Å². The van der Waals surface area contributed by atoms with E-state index in [2.05, 4.69) is 20.4 Å². The van der Waals surface area contributed by atoms with Gasteiger partial charge in [-0.25, -0.2) is 14.5 Å². The second-order valence-electron chi connectivity index (χ2n) is 7.96. The zero-order valence-electron chi connectivity index (χ0n) is 16.7. The van der Waals surface area contributed by atoms with E-state index in [9.17, 15) is 9.59 Å². The smallest absolute Gasteiger partial charge is 0.346 e. The molecule has 1 atom stereocenters. The zero-order valence-corrected chi connectivity index (χ0v) is 17.5. The summed E-state index contributed by atoms with van der Waals surface area (Å²) in [5, 5.41) is 8.24. The molecule has 4 heterocycles. The third kappa shape index (κ3) is 3.81. The first-order valence-corrected chi connectivity index (χ1v) is 11.3. The van der Waals surface area contributed by atoms with E-state index in [0.717, 1.165) is 42.8 Å². The van der Waals surface area contributed by atoms with Crippen LogP contribution in [-0.2, 0) is 32.4 Å². The molecular formula is C21H24N6O2S. The first kappa shape index (κ1) is 19.2. The molecule has 5 rings (SSSR count). The number of aryl methyl sites for hydroxylation is 3. The van der Waals surface area contributed by atoms with Crippen molar-refractivity contribution in [2.24, 2.45) is 0 Å². The molecule has 1 unspecified atom stereocenters. The summed E-state index contributed by atoms with van der Waals surface area (Å²) in [6.07, 6.45) is 9.96. The quantitative estimate of drug-likeness (QED) is 0.691. The maximum absolute atomic E-state index is 12.8. The Morgan fingerprint density at radius 2 is 2.13 bits per heavy atom. The summed E-state index contributed by atoms with van der Waals surface area (Å²) in [5.41, 5.74) is 1.95. The Kier molecular flexibility index (Phi) is 5.20. The Balaban J connectivity index is 1.24. The van der Waals surface area contributed by atoms with Crippen molar-refractivity contribution >= 4 is 17.2 Å². The van der Waals surface area contributed by atoms with Gasteiger partial charge in [0, 0.05) is 36.3 Å². The highest BCUT2D eigenvalue weighted by Gasteiger charge is 2.25. The van der Waals surface area contributed by atoms with Crippen LogP contribution in [0.3, 0.4) is 0 Å². The molecule has 0 fully saturated rings. The highest BCUT2D eigenvalue weighted by Crippen LogP contribution is 2.26. The number of nitrogens with zero attached hydrogens (tertiary/aromatic N) is 5. The number of thiazole rings is 1. The molecule has 3 aromatic heterocycles. The van der Waals surface area contributed by atoms with Crippen molar-refractivity contribution in [1.29, 1.82) is 0 Å². The topological polar surface area (TPSA) is 94.7 Å². The summed E-state index contributed by atoms with van der Waals surface area (Å²) in [4.78, 5) is 35.4. The average molecular weight is 425 g/mol. The van der Waals surface area contributed by atoms with Crippen molar-refractivity contribution in [3.05, 3.63) is 62.0 Å². The molecule has 9 heteroatoms. The normalized spacial score (nSPS) is 18.3. The van der Waals surface area contributed by atoms with E-state index < -0.39 is 0 Å². The number of pyridine rings is 1. The molecule has 0 spiro atoms. The largest absolute Gasteiger partial charge is 0.347 e. The standard InChI is InChI=1S/C21H24N6O2S/c28-19(20-24-16-5-1-2-6-17(16)30-20)23-15-7-8-18-25-27(21(29)26(18)11-9-15)13-14-4-3-10-22-12-14/h3-4,10,12,15H,1-2,5-9,11,13H2,(H,23,28). The van der Waals surface area contributed by atoms with Crippen LogP contribution in [0.5, 0.6) is 0 Å². The van der Waals surface area contributed by atoms with Gasteiger partial charge in [-0.3, -0.25) is 14.3 Å². The number of carbonyl (C=O) groups excluding carboxylic acids is 1. The second kappa shape index (κ2) is 8.14. The molecule has 0 saturated heterocycles. The Morgan fingerprint density at radius 3 is 2.97 bits per heavy atom. The van der Waals surface area contributed by atoms with Crippen LogP contribution in [0.2, 0.25) is 0 Å². The van der Waals surface area contributed by atoms with Gasteiger partial charge < -0.3 is 5.32 Å². The predicted octanol–water partition coefficient (Wildman–Crippen LogP) is 1.96. The highest BCUT2D eigenvalue weighted by atomic mass is 32.1. The van der Waals surface area contributed by atoms with Gasteiger partial charge in [0.1, 0.15) is 5.82 Å². The van der Waals surface area contributed by atoms with E-state index in [1.165, 1.54) is 27.3 Å². The summed E-state index contributed by atoms with van der Waals surface area (Å²) in [6.45, 7) is 0.974. The monoisotopic (exact) mass is 424 g/mol. The summed E-state index contributed by atoms with van der Waals surface area (Å²) < 4.78 is 3.25. The fraction of sp³-hybridized carbons (Fsp3) is 0.476. The Hall–Kier alpha value is -2.81. The summed E-state index contributed by atoms with van der Waals surface area (Å²) in [6, 6.07) is 3.81. The second-order valence-corrected chi connectivity index (χ2v) is 9.05. The summed E-state index contributed by atoms with van der Waals surface area (Å²) in [7, 11) is 0. The minimum absolute atomic E-state index is 0.0197. The number of nitrogens with one attached hydrogen (secondary N) is 1. The summed E-state index contributed by atoms with van der Waals surface area (Å²) >= 11 is 1.53. The van der Waals surface area contributed by atoms with Gasteiger partial charge in [0.05, 0.1) is 12.2 Å². The molecule has 0 radical (unpaired) electrons. The van der Waals surface area contributed by atoms with Crippen molar-refractivity contribution in [1.82, 2.24) is 29.6 Å². The van der Waals surface area contributed by atoms with Crippen LogP contribution < -0.4 is 11.0 Å². The van der Waals surface area contributed by atoms with Crippen molar-refractivity contribution in [3.63, 3.8) is 0 Å². The van der Waals surface area contributed by atoms with E-state index in [1.807, 2.05) is 12.1 Å². The predicted molar refractivity (Wildman–Crippen MR) is 113 cm³/mol.